The van der Waals surface area contributed by atoms with Crippen LogP contribution in [0.25, 0.3) is 0 Å². The fourth-order valence-corrected chi connectivity index (χ4v) is 2.57. The maximum absolute atomic E-state index is 5.26. The lowest BCUT2D eigenvalue weighted by Gasteiger charge is -2.21. The Labute approximate surface area is 111 Å². The van der Waals surface area contributed by atoms with E-state index >= 15 is 0 Å². The molecule has 0 radical (unpaired) electrons. The maximum atomic E-state index is 5.26. The summed E-state index contributed by atoms with van der Waals surface area (Å²) in [4.78, 5) is 0. The van der Waals surface area contributed by atoms with Crippen molar-refractivity contribution in [3.63, 3.8) is 0 Å². The zero-order valence-corrected chi connectivity index (χ0v) is 11.8. The lowest BCUT2D eigenvalue weighted by atomic mass is 9.89. The fraction of sp³-hybridized carbons (Fsp3) is 0.625. The number of hydrogen-bond acceptors (Lipinski definition) is 2. The third-order valence-electron chi connectivity index (χ3n) is 3.99. The van der Waals surface area contributed by atoms with Gasteiger partial charge in [0.25, 0.3) is 0 Å². The number of methoxy groups -OCH3 is 1. The summed E-state index contributed by atoms with van der Waals surface area (Å²) in [6.07, 6.45) is 5.48. The van der Waals surface area contributed by atoms with Crippen LogP contribution in [-0.2, 0) is 17.6 Å². The average molecular weight is 247 g/mol. The summed E-state index contributed by atoms with van der Waals surface area (Å²) in [6.45, 7) is 5.22. The second kappa shape index (κ2) is 6.35. The predicted octanol–water partition coefficient (Wildman–Crippen LogP) is 3.25. The van der Waals surface area contributed by atoms with E-state index in [0.717, 1.165) is 6.54 Å². The van der Waals surface area contributed by atoms with Crippen molar-refractivity contribution in [3.05, 3.63) is 34.9 Å². The first-order valence-electron chi connectivity index (χ1n) is 7.08. The van der Waals surface area contributed by atoms with Gasteiger partial charge >= 0.3 is 0 Å². The molecule has 1 aromatic carbocycles. The molecular formula is C16H25NO. The second-order valence-electron chi connectivity index (χ2n) is 5.41. The number of nitrogens with one attached hydrogen (secondary N) is 1. The van der Waals surface area contributed by atoms with Crippen molar-refractivity contribution in [3.8, 4) is 0 Å². The molecule has 18 heavy (non-hydrogen) atoms. The molecule has 0 saturated carbocycles. The van der Waals surface area contributed by atoms with Crippen LogP contribution in [0, 0.1) is 0 Å². The van der Waals surface area contributed by atoms with Gasteiger partial charge in [-0.05, 0) is 56.2 Å². The van der Waals surface area contributed by atoms with Crippen molar-refractivity contribution in [2.75, 3.05) is 13.7 Å². The quantitative estimate of drug-likeness (QED) is 0.862. The van der Waals surface area contributed by atoms with Crippen LogP contribution in [0.3, 0.4) is 0 Å². The average Bonchev–Trinajstić information content (AvgIpc) is 2.43. The van der Waals surface area contributed by atoms with Gasteiger partial charge in [0, 0.05) is 19.7 Å². The van der Waals surface area contributed by atoms with Gasteiger partial charge in [0.2, 0.25) is 0 Å². The number of hydrogen-bond donors (Lipinski definition) is 1. The third-order valence-corrected chi connectivity index (χ3v) is 3.99. The summed E-state index contributed by atoms with van der Waals surface area (Å²) < 4.78 is 5.26. The number of fused-ring (bicyclic) bond motifs is 1. The first kappa shape index (κ1) is 13.6. The van der Waals surface area contributed by atoms with E-state index in [9.17, 15) is 0 Å². The molecule has 0 heterocycles. The minimum Gasteiger partial charge on any atom is -0.380 e. The van der Waals surface area contributed by atoms with Gasteiger partial charge in [-0.15, -0.1) is 0 Å². The van der Waals surface area contributed by atoms with E-state index in [4.69, 9.17) is 4.74 Å². The van der Waals surface area contributed by atoms with Gasteiger partial charge in [-0.25, -0.2) is 0 Å². The van der Waals surface area contributed by atoms with Crippen molar-refractivity contribution < 1.29 is 4.74 Å². The Balaban J connectivity index is 1.99. The van der Waals surface area contributed by atoms with Crippen LogP contribution in [0.1, 0.15) is 49.4 Å². The molecule has 0 fully saturated rings. The van der Waals surface area contributed by atoms with Gasteiger partial charge < -0.3 is 10.1 Å². The summed E-state index contributed by atoms with van der Waals surface area (Å²) in [5.41, 5.74) is 4.52. The lowest BCUT2D eigenvalue weighted by Crippen LogP contribution is -2.28. The largest absolute Gasteiger partial charge is 0.380 e. The Morgan fingerprint density at radius 2 is 1.89 bits per heavy atom. The minimum absolute atomic E-state index is 0.269. The molecule has 0 saturated heterocycles. The molecule has 2 atom stereocenters. The normalized spacial score (nSPS) is 18.2. The first-order chi connectivity index (χ1) is 8.70. The number of benzene rings is 1. The highest BCUT2D eigenvalue weighted by atomic mass is 16.5. The molecule has 0 aromatic heterocycles. The number of aryl methyl sites for hydroxylation is 2. The molecule has 1 N–H and O–H groups in total. The molecular weight excluding hydrogens is 222 g/mol. The highest BCUT2D eigenvalue weighted by Crippen LogP contribution is 2.24. The first-order valence-corrected chi connectivity index (χ1v) is 7.08. The smallest absolute Gasteiger partial charge is 0.0667 e. The van der Waals surface area contributed by atoms with Crippen LogP contribution in [0.4, 0.5) is 0 Å². The van der Waals surface area contributed by atoms with Gasteiger partial charge in [0.1, 0.15) is 0 Å². The van der Waals surface area contributed by atoms with Crippen LogP contribution in [0.2, 0.25) is 0 Å². The maximum Gasteiger partial charge on any atom is 0.0667 e. The van der Waals surface area contributed by atoms with Crippen molar-refractivity contribution in [1.82, 2.24) is 5.32 Å². The molecule has 2 rings (SSSR count). The Hall–Kier alpha value is -0.860. The van der Waals surface area contributed by atoms with Crippen LogP contribution < -0.4 is 5.32 Å². The van der Waals surface area contributed by atoms with E-state index < -0.39 is 0 Å². The van der Waals surface area contributed by atoms with Crippen LogP contribution in [-0.4, -0.2) is 19.8 Å². The Kier molecular flexibility index (Phi) is 4.79. The third kappa shape index (κ3) is 3.33. The van der Waals surface area contributed by atoms with E-state index in [1.165, 1.54) is 31.2 Å². The number of rotatable bonds is 5. The standard InChI is InChI=1S/C16H25NO/c1-12(18-3)11-17-13(2)15-9-8-14-6-4-5-7-16(14)10-15/h8-10,12-13,17H,4-7,11H2,1-3H3. The molecule has 1 aromatic rings. The molecule has 1 aliphatic carbocycles. The summed E-state index contributed by atoms with van der Waals surface area (Å²) >= 11 is 0. The summed E-state index contributed by atoms with van der Waals surface area (Å²) in [6, 6.07) is 7.39. The lowest BCUT2D eigenvalue weighted by molar-refractivity contribution is 0.115. The summed E-state index contributed by atoms with van der Waals surface area (Å²) in [5.74, 6) is 0. The highest BCUT2D eigenvalue weighted by molar-refractivity contribution is 5.35. The zero-order valence-electron chi connectivity index (χ0n) is 11.8. The number of ether oxygens (including phenoxy) is 1. The van der Waals surface area contributed by atoms with Gasteiger partial charge in [-0.2, -0.15) is 0 Å². The highest BCUT2D eigenvalue weighted by Gasteiger charge is 2.12. The van der Waals surface area contributed by atoms with E-state index in [1.807, 2.05) is 0 Å². The zero-order chi connectivity index (χ0) is 13.0. The SMILES string of the molecule is COC(C)CNC(C)c1ccc2c(c1)CCCC2. The van der Waals surface area contributed by atoms with E-state index in [0.29, 0.717) is 6.04 Å². The fourth-order valence-electron chi connectivity index (χ4n) is 2.57. The predicted molar refractivity (Wildman–Crippen MR) is 76.0 cm³/mol. The van der Waals surface area contributed by atoms with E-state index in [1.54, 1.807) is 18.2 Å². The summed E-state index contributed by atoms with van der Waals surface area (Å²) in [7, 11) is 1.76. The summed E-state index contributed by atoms with van der Waals surface area (Å²) in [5, 5.41) is 3.53. The molecule has 2 heteroatoms. The monoisotopic (exact) mass is 247 g/mol. The van der Waals surface area contributed by atoms with E-state index in [-0.39, 0.29) is 6.10 Å². The van der Waals surface area contributed by atoms with Crippen molar-refractivity contribution in [2.24, 2.45) is 0 Å². The van der Waals surface area contributed by atoms with Gasteiger partial charge in [-0.3, -0.25) is 0 Å². The Bertz CT molecular complexity index is 389. The van der Waals surface area contributed by atoms with Crippen LogP contribution in [0.5, 0.6) is 0 Å². The van der Waals surface area contributed by atoms with Crippen molar-refractivity contribution in [2.45, 2.75) is 51.7 Å². The molecule has 2 unspecified atom stereocenters. The van der Waals surface area contributed by atoms with Crippen molar-refractivity contribution in [1.29, 1.82) is 0 Å². The molecule has 0 bridgehead atoms. The molecule has 0 amide bonds. The topological polar surface area (TPSA) is 21.3 Å². The van der Waals surface area contributed by atoms with Crippen LogP contribution >= 0.6 is 0 Å². The molecule has 0 aliphatic heterocycles. The Morgan fingerprint density at radius 3 is 2.61 bits per heavy atom. The van der Waals surface area contributed by atoms with Gasteiger partial charge in [-0.1, -0.05) is 18.2 Å². The van der Waals surface area contributed by atoms with Crippen LogP contribution in [0.15, 0.2) is 18.2 Å². The minimum atomic E-state index is 0.269. The van der Waals surface area contributed by atoms with Gasteiger partial charge in [0.05, 0.1) is 6.10 Å². The molecule has 0 spiro atoms. The van der Waals surface area contributed by atoms with Gasteiger partial charge in [0.15, 0.2) is 0 Å². The molecule has 2 nitrogen and oxygen atoms in total. The molecule has 1 aliphatic rings. The van der Waals surface area contributed by atoms with Crippen molar-refractivity contribution >= 4 is 0 Å². The van der Waals surface area contributed by atoms with E-state index in [2.05, 4.69) is 37.4 Å². The second-order valence-corrected chi connectivity index (χ2v) is 5.41. The Morgan fingerprint density at radius 1 is 1.17 bits per heavy atom. The molecule has 100 valence electrons.